The van der Waals surface area contributed by atoms with E-state index in [-0.39, 0.29) is 0 Å². The third-order valence-corrected chi connectivity index (χ3v) is 3.04. The van der Waals surface area contributed by atoms with E-state index in [1.54, 1.807) is 0 Å². The van der Waals surface area contributed by atoms with E-state index in [0.717, 1.165) is 16.9 Å². The third-order valence-electron chi connectivity index (χ3n) is 3.04. The van der Waals surface area contributed by atoms with Gasteiger partial charge in [-0.3, -0.25) is 0 Å². The largest absolute Gasteiger partial charge is 0.465 e. The van der Waals surface area contributed by atoms with Crippen molar-refractivity contribution >= 4 is 6.29 Å². The molecule has 2 rings (SSSR count). The topological polar surface area (TPSA) is 55.8 Å². The van der Waals surface area contributed by atoms with Gasteiger partial charge in [-0.15, -0.1) is 0 Å². The molecule has 1 aromatic rings. The molecule has 0 aliphatic carbocycles. The molecule has 1 aliphatic rings. The number of aliphatic hydroxyl groups excluding tert-OH is 1. The fourth-order valence-corrected chi connectivity index (χ4v) is 2.13. The van der Waals surface area contributed by atoms with Crippen molar-refractivity contribution in [3.05, 3.63) is 29.3 Å². The second kappa shape index (κ2) is 5.50. The van der Waals surface area contributed by atoms with E-state index in [0.29, 0.717) is 19.1 Å². The van der Waals surface area contributed by atoms with Crippen LogP contribution in [0.1, 0.15) is 24.0 Å². The summed E-state index contributed by atoms with van der Waals surface area (Å²) in [5, 5.41) is 9.65. The highest BCUT2D eigenvalue weighted by Gasteiger charge is 2.29. The van der Waals surface area contributed by atoms with Crippen LogP contribution in [0.2, 0.25) is 0 Å². The molecule has 0 spiro atoms. The van der Waals surface area contributed by atoms with Crippen molar-refractivity contribution in [2.45, 2.75) is 45.2 Å². The second-order valence-corrected chi connectivity index (χ2v) is 4.75. The maximum atomic E-state index is 10.7. The summed E-state index contributed by atoms with van der Waals surface area (Å²) in [5.74, 6) is 0.726. The van der Waals surface area contributed by atoms with Gasteiger partial charge in [0.1, 0.15) is 18.1 Å². The maximum Gasteiger partial charge on any atom is 0.203 e. The number of aliphatic hydroxyl groups is 1. The molecule has 18 heavy (non-hydrogen) atoms. The molecule has 1 fully saturated rings. The van der Waals surface area contributed by atoms with Gasteiger partial charge >= 0.3 is 0 Å². The van der Waals surface area contributed by atoms with Crippen molar-refractivity contribution in [2.75, 3.05) is 0 Å². The van der Waals surface area contributed by atoms with Crippen LogP contribution in [-0.4, -0.2) is 29.9 Å². The van der Waals surface area contributed by atoms with Gasteiger partial charge in [-0.2, -0.15) is 0 Å². The van der Waals surface area contributed by atoms with E-state index in [1.165, 1.54) is 0 Å². The minimum atomic E-state index is -0.579. The Hall–Kier alpha value is -1.39. The number of carbonyl (C=O) groups excluding carboxylic acids is 1. The molecule has 0 bridgehead atoms. The summed E-state index contributed by atoms with van der Waals surface area (Å²) in [7, 11) is 0. The fraction of sp³-hybridized carbons (Fsp3) is 0.500. The molecule has 0 aromatic heterocycles. The fourth-order valence-electron chi connectivity index (χ4n) is 2.13. The molecule has 0 radical (unpaired) electrons. The number of aldehydes is 1. The summed E-state index contributed by atoms with van der Waals surface area (Å²) >= 11 is 0. The first-order chi connectivity index (χ1) is 8.58. The summed E-state index contributed by atoms with van der Waals surface area (Å²) in [4.78, 5) is 10.7. The molecule has 3 atom stereocenters. The highest BCUT2D eigenvalue weighted by Crippen LogP contribution is 2.25. The standard InChI is InChI=1S/C14H18O4/c1-9-3-4-13(10(2)5-9)18-14-7-11(16)6-12(8-15)17-14/h3-5,8,11-12,14,16H,6-7H2,1-2H3. The molecule has 1 N–H and O–H groups in total. The molecule has 4 nitrogen and oxygen atoms in total. The molecule has 1 saturated heterocycles. The Labute approximate surface area is 107 Å². The number of aryl methyl sites for hydroxylation is 2. The van der Waals surface area contributed by atoms with Gasteiger partial charge in [0, 0.05) is 12.8 Å². The Bertz CT molecular complexity index is 430. The molecule has 1 heterocycles. The van der Waals surface area contributed by atoms with Crippen LogP contribution in [0.25, 0.3) is 0 Å². The summed E-state index contributed by atoms with van der Waals surface area (Å²) in [5.41, 5.74) is 2.18. The first kappa shape index (κ1) is 13.1. The van der Waals surface area contributed by atoms with Gasteiger partial charge in [0.25, 0.3) is 0 Å². The van der Waals surface area contributed by atoms with E-state index in [1.807, 2.05) is 32.0 Å². The smallest absolute Gasteiger partial charge is 0.203 e. The SMILES string of the molecule is Cc1ccc(OC2CC(O)CC(C=O)O2)c(C)c1. The van der Waals surface area contributed by atoms with E-state index in [4.69, 9.17) is 9.47 Å². The van der Waals surface area contributed by atoms with Gasteiger partial charge < -0.3 is 19.4 Å². The molecule has 3 unspecified atom stereocenters. The van der Waals surface area contributed by atoms with Crippen molar-refractivity contribution in [3.63, 3.8) is 0 Å². The second-order valence-electron chi connectivity index (χ2n) is 4.75. The zero-order chi connectivity index (χ0) is 13.1. The summed E-state index contributed by atoms with van der Waals surface area (Å²) in [6, 6.07) is 5.86. The van der Waals surface area contributed by atoms with Crippen LogP contribution in [0, 0.1) is 13.8 Å². The highest BCUT2D eigenvalue weighted by atomic mass is 16.7. The van der Waals surface area contributed by atoms with Gasteiger partial charge in [-0.25, -0.2) is 0 Å². The number of benzene rings is 1. The molecule has 98 valence electrons. The number of rotatable bonds is 3. The van der Waals surface area contributed by atoms with Crippen molar-refractivity contribution in [1.29, 1.82) is 0 Å². The first-order valence-electron chi connectivity index (χ1n) is 6.11. The van der Waals surface area contributed by atoms with Crippen LogP contribution >= 0.6 is 0 Å². The molecule has 0 amide bonds. The lowest BCUT2D eigenvalue weighted by Gasteiger charge is -2.30. The lowest BCUT2D eigenvalue weighted by atomic mass is 10.1. The van der Waals surface area contributed by atoms with Crippen LogP contribution in [-0.2, 0) is 9.53 Å². The average molecular weight is 250 g/mol. The van der Waals surface area contributed by atoms with Gasteiger partial charge in [-0.05, 0) is 25.5 Å². The number of carbonyl (C=O) groups is 1. The predicted molar refractivity (Wildman–Crippen MR) is 66.5 cm³/mol. The Morgan fingerprint density at radius 3 is 2.83 bits per heavy atom. The van der Waals surface area contributed by atoms with Crippen LogP contribution in [0.3, 0.4) is 0 Å². The van der Waals surface area contributed by atoms with Crippen molar-refractivity contribution < 1.29 is 19.4 Å². The quantitative estimate of drug-likeness (QED) is 0.830. The number of ether oxygens (including phenoxy) is 2. The van der Waals surface area contributed by atoms with Gasteiger partial charge in [0.05, 0.1) is 6.10 Å². The van der Waals surface area contributed by atoms with Crippen LogP contribution in [0.4, 0.5) is 0 Å². The molecular weight excluding hydrogens is 232 g/mol. The normalized spacial score (nSPS) is 27.8. The van der Waals surface area contributed by atoms with Crippen LogP contribution < -0.4 is 4.74 Å². The van der Waals surface area contributed by atoms with E-state index in [2.05, 4.69) is 0 Å². The van der Waals surface area contributed by atoms with Gasteiger partial charge in [0.15, 0.2) is 0 Å². The monoisotopic (exact) mass is 250 g/mol. The predicted octanol–water partition coefficient (Wildman–Crippen LogP) is 1.75. The molecule has 1 aliphatic heterocycles. The van der Waals surface area contributed by atoms with Crippen molar-refractivity contribution in [1.82, 2.24) is 0 Å². The lowest BCUT2D eigenvalue weighted by molar-refractivity contribution is -0.176. The Morgan fingerprint density at radius 2 is 2.17 bits per heavy atom. The minimum absolute atomic E-state index is 0.343. The summed E-state index contributed by atoms with van der Waals surface area (Å²) in [6.45, 7) is 3.97. The summed E-state index contributed by atoms with van der Waals surface area (Å²) in [6.07, 6.45) is -0.256. The highest BCUT2D eigenvalue weighted by molar-refractivity contribution is 5.56. The van der Waals surface area contributed by atoms with Crippen LogP contribution in [0.15, 0.2) is 18.2 Å². The summed E-state index contributed by atoms with van der Waals surface area (Å²) < 4.78 is 11.1. The molecule has 4 heteroatoms. The Morgan fingerprint density at radius 1 is 1.39 bits per heavy atom. The number of hydrogen-bond donors (Lipinski definition) is 1. The molecule has 1 aromatic carbocycles. The van der Waals surface area contributed by atoms with Gasteiger partial charge in [-0.1, -0.05) is 17.7 Å². The minimum Gasteiger partial charge on any atom is -0.465 e. The van der Waals surface area contributed by atoms with E-state index >= 15 is 0 Å². The maximum absolute atomic E-state index is 10.7. The zero-order valence-corrected chi connectivity index (χ0v) is 10.6. The molecule has 0 saturated carbocycles. The first-order valence-corrected chi connectivity index (χ1v) is 6.11. The lowest BCUT2D eigenvalue weighted by Crippen LogP contribution is -2.39. The van der Waals surface area contributed by atoms with E-state index in [9.17, 15) is 9.90 Å². The Balaban J connectivity index is 2.06. The van der Waals surface area contributed by atoms with Gasteiger partial charge in [0.2, 0.25) is 6.29 Å². The van der Waals surface area contributed by atoms with Crippen LogP contribution in [0.5, 0.6) is 5.75 Å². The van der Waals surface area contributed by atoms with Crippen molar-refractivity contribution in [3.8, 4) is 5.75 Å². The third kappa shape index (κ3) is 3.09. The van der Waals surface area contributed by atoms with Crippen molar-refractivity contribution in [2.24, 2.45) is 0 Å². The average Bonchev–Trinajstić information content (AvgIpc) is 2.32. The van der Waals surface area contributed by atoms with E-state index < -0.39 is 18.5 Å². The Kier molecular flexibility index (Phi) is 3.99. The zero-order valence-electron chi connectivity index (χ0n) is 10.6. The number of hydrogen-bond acceptors (Lipinski definition) is 4. The molecular formula is C14H18O4.